The van der Waals surface area contributed by atoms with Gasteiger partial charge in [0.25, 0.3) is 0 Å². The molecule has 0 unspecified atom stereocenters. The molecule has 3 nitrogen and oxygen atoms in total. The van der Waals surface area contributed by atoms with E-state index in [1.165, 1.54) is 16.3 Å². The van der Waals surface area contributed by atoms with Crippen LogP contribution in [0.3, 0.4) is 0 Å². The van der Waals surface area contributed by atoms with Gasteiger partial charge in [-0.15, -0.1) is 0 Å². The average molecular weight is 263 g/mol. The molecular formula is C17H17N3. The first-order valence-corrected chi connectivity index (χ1v) is 6.80. The van der Waals surface area contributed by atoms with Gasteiger partial charge in [-0.3, -0.25) is 9.97 Å². The zero-order valence-corrected chi connectivity index (χ0v) is 11.5. The average Bonchev–Trinajstić information content (AvgIpc) is 2.53. The number of nitrogens with one attached hydrogen (secondary N) is 1. The van der Waals surface area contributed by atoms with Gasteiger partial charge in [-0.05, 0) is 30.0 Å². The van der Waals surface area contributed by atoms with Crippen molar-refractivity contribution in [2.24, 2.45) is 0 Å². The lowest BCUT2D eigenvalue weighted by atomic mass is 10.1. The molecule has 3 aromatic rings. The van der Waals surface area contributed by atoms with Gasteiger partial charge in [-0.25, -0.2) is 0 Å². The normalized spacial score (nSPS) is 12.4. The molecule has 2 heterocycles. The number of hydrogen-bond donors (Lipinski definition) is 1. The van der Waals surface area contributed by atoms with Crippen LogP contribution >= 0.6 is 0 Å². The Labute approximate surface area is 118 Å². The van der Waals surface area contributed by atoms with Crippen LogP contribution in [-0.2, 0) is 6.54 Å². The maximum atomic E-state index is 4.38. The molecule has 0 radical (unpaired) electrons. The smallest absolute Gasteiger partial charge is 0.0570 e. The molecule has 3 rings (SSSR count). The van der Waals surface area contributed by atoms with Gasteiger partial charge in [0.15, 0.2) is 0 Å². The van der Waals surface area contributed by atoms with E-state index in [1.807, 2.05) is 42.9 Å². The Kier molecular flexibility index (Phi) is 3.70. The Morgan fingerprint density at radius 2 is 1.90 bits per heavy atom. The molecule has 1 N–H and O–H groups in total. The number of fused-ring (bicyclic) bond motifs is 1. The van der Waals surface area contributed by atoms with Crippen molar-refractivity contribution in [1.29, 1.82) is 0 Å². The van der Waals surface area contributed by atoms with Gasteiger partial charge >= 0.3 is 0 Å². The first kappa shape index (κ1) is 12.8. The zero-order valence-electron chi connectivity index (χ0n) is 11.5. The summed E-state index contributed by atoms with van der Waals surface area (Å²) >= 11 is 0. The fraction of sp³-hybridized carbons (Fsp3) is 0.176. The topological polar surface area (TPSA) is 37.8 Å². The molecule has 2 aromatic heterocycles. The molecule has 0 amide bonds. The highest BCUT2D eigenvalue weighted by atomic mass is 14.9. The largest absolute Gasteiger partial charge is 0.305 e. The summed E-state index contributed by atoms with van der Waals surface area (Å²) in [6.07, 6.45) is 5.66. The van der Waals surface area contributed by atoms with Gasteiger partial charge in [0.05, 0.1) is 5.69 Å². The van der Waals surface area contributed by atoms with Gasteiger partial charge in [0, 0.05) is 36.6 Å². The van der Waals surface area contributed by atoms with Crippen molar-refractivity contribution in [2.45, 2.75) is 19.5 Å². The molecule has 0 fully saturated rings. The van der Waals surface area contributed by atoms with Crippen LogP contribution in [0, 0.1) is 0 Å². The summed E-state index contributed by atoms with van der Waals surface area (Å²) in [6.45, 7) is 2.91. The predicted molar refractivity (Wildman–Crippen MR) is 81.2 cm³/mol. The van der Waals surface area contributed by atoms with Crippen molar-refractivity contribution < 1.29 is 0 Å². The van der Waals surface area contributed by atoms with Gasteiger partial charge in [-0.1, -0.05) is 30.3 Å². The van der Waals surface area contributed by atoms with Gasteiger partial charge in [0.1, 0.15) is 0 Å². The standard InChI is InChI=1S/C17H17N3/c1-13(17-8-4-5-9-19-17)20-12-15-11-18-10-14-6-2-3-7-16(14)15/h2-11,13,20H,12H2,1H3/t13-/m0/s1. The van der Waals surface area contributed by atoms with Crippen molar-refractivity contribution in [3.63, 3.8) is 0 Å². The second kappa shape index (κ2) is 5.80. The van der Waals surface area contributed by atoms with Crippen LogP contribution in [-0.4, -0.2) is 9.97 Å². The van der Waals surface area contributed by atoms with E-state index in [9.17, 15) is 0 Å². The van der Waals surface area contributed by atoms with Crippen LogP contribution in [0.4, 0.5) is 0 Å². The fourth-order valence-corrected chi connectivity index (χ4v) is 2.32. The summed E-state index contributed by atoms with van der Waals surface area (Å²) < 4.78 is 0. The lowest BCUT2D eigenvalue weighted by Crippen LogP contribution is -2.19. The summed E-state index contributed by atoms with van der Waals surface area (Å²) in [5.74, 6) is 0. The van der Waals surface area contributed by atoms with Crippen molar-refractivity contribution in [3.05, 3.63) is 72.3 Å². The minimum atomic E-state index is 0.218. The third-order valence-corrected chi connectivity index (χ3v) is 3.48. The van der Waals surface area contributed by atoms with E-state index in [0.29, 0.717) is 0 Å². The molecule has 3 heteroatoms. The molecular weight excluding hydrogens is 246 g/mol. The maximum absolute atomic E-state index is 4.38. The lowest BCUT2D eigenvalue weighted by molar-refractivity contribution is 0.562. The minimum Gasteiger partial charge on any atom is -0.305 e. The molecule has 0 bridgehead atoms. The summed E-state index contributed by atoms with van der Waals surface area (Å²) in [7, 11) is 0. The summed E-state index contributed by atoms with van der Waals surface area (Å²) in [6, 6.07) is 14.5. The van der Waals surface area contributed by atoms with Crippen molar-refractivity contribution >= 4 is 10.8 Å². The first-order valence-electron chi connectivity index (χ1n) is 6.80. The second-order valence-electron chi connectivity index (χ2n) is 4.88. The van der Waals surface area contributed by atoms with Gasteiger partial charge in [0.2, 0.25) is 0 Å². The Morgan fingerprint density at radius 3 is 2.75 bits per heavy atom. The maximum Gasteiger partial charge on any atom is 0.0570 e. The van der Waals surface area contributed by atoms with Crippen LogP contribution < -0.4 is 5.32 Å². The van der Waals surface area contributed by atoms with Gasteiger partial charge < -0.3 is 5.32 Å². The van der Waals surface area contributed by atoms with E-state index in [2.05, 4.69) is 40.4 Å². The Balaban J connectivity index is 1.77. The van der Waals surface area contributed by atoms with E-state index in [4.69, 9.17) is 0 Å². The first-order chi connectivity index (χ1) is 9.84. The monoisotopic (exact) mass is 263 g/mol. The molecule has 1 aromatic carbocycles. The van der Waals surface area contributed by atoms with Crippen LogP contribution in [0.5, 0.6) is 0 Å². The molecule has 0 aliphatic heterocycles. The zero-order chi connectivity index (χ0) is 13.8. The third-order valence-electron chi connectivity index (χ3n) is 3.48. The minimum absolute atomic E-state index is 0.218. The Bertz CT molecular complexity index is 689. The highest BCUT2D eigenvalue weighted by molar-refractivity contribution is 5.84. The molecule has 0 aliphatic carbocycles. The number of hydrogen-bond acceptors (Lipinski definition) is 3. The molecule has 0 spiro atoms. The molecule has 0 saturated carbocycles. The van der Waals surface area contributed by atoms with Crippen molar-refractivity contribution in [1.82, 2.24) is 15.3 Å². The van der Waals surface area contributed by atoms with Crippen molar-refractivity contribution in [2.75, 3.05) is 0 Å². The highest BCUT2D eigenvalue weighted by Crippen LogP contribution is 2.18. The van der Waals surface area contributed by atoms with Crippen LogP contribution in [0.25, 0.3) is 10.8 Å². The molecule has 0 aliphatic rings. The number of rotatable bonds is 4. The van der Waals surface area contributed by atoms with Crippen LogP contribution in [0.1, 0.15) is 24.2 Å². The Hall–Kier alpha value is -2.26. The second-order valence-corrected chi connectivity index (χ2v) is 4.88. The van der Waals surface area contributed by atoms with Gasteiger partial charge in [-0.2, -0.15) is 0 Å². The summed E-state index contributed by atoms with van der Waals surface area (Å²) in [5.41, 5.74) is 2.27. The number of nitrogens with zero attached hydrogens (tertiary/aromatic N) is 2. The van der Waals surface area contributed by atoms with E-state index >= 15 is 0 Å². The SMILES string of the molecule is C[C@H](NCc1cncc2ccccc12)c1ccccn1. The van der Waals surface area contributed by atoms with E-state index in [1.54, 1.807) is 0 Å². The molecule has 20 heavy (non-hydrogen) atoms. The molecule has 100 valence electrons. The summed E-state index contributed by atoms with van der Waals surface area (Å²) in [4.78, 5) is 8.68. The number of pyridine rings is 2. The van der Waals surface area contributed by atoms with Crippen molar-refractivity contribution in [3.8, 4) is 0 Å². The Morgan fingerprint density at radius 1 is 1.05 bits per heavy atom. The van der Waals surface area contributed by atoms with E-state index < -0.39 is 0 Å². The molecule has 0 saturated heterocycles. The molecule has 1 atom stereocenters. The third kappa shape index (κ3) is 2.68. The van der Waals surface area contributed by atoms with Crippen LogP contribution in [0.2, 0.25) is 0 Å². The highest BCUT2D eigenvalue weighted by Gasteiger charge is 2.07. The lowest BCUT2D eigenvalue weighted by Gasteiger charge is -2.14. The fourth-order valence-electron chi connectivity index (χ4n) is 2.32. The quantitative estimate of drug-likeness (QED) is 0.783. The number of aromatic nitrogens is 2. The van der Waals surface area contributed by atoms with E-state index in [-0.39, 0.29) is 6.04 Å². The predicted octanol–water partition coefficient (Wildman–Crippen LogP) is 3.48. The summed E-state index contributed by atoms with van der Waals surface area (Å²) in [5, 5.41) is 5.94. The van der Waals surface area contributed by atoms with E-state index in [0.717, 1.165) is 12.2 Å². The van der Waals surface area contributed by atoms with Crippen LogP contribution in [0.15, 0.2) is 61.1 Å². The number of benzene rings is 1.